The Morgan fingerprint density at radius 3 is 2.52 bits per heavy atom. The average molecular weight is 304 g/mol. The van der Waals surface area contributed by atoms with E-state index in [0.29, 0.717) is 11.2 Å². The summed E-state index contributed by atoms with van der Waals surface area (Å²) in [6.45, 7) is 0. The van der Waals surface area contributed by atoms with E-state index in [0.717, 1.165) is 22.0 Å². The summed E-state index contributed by atoms with van der Waals surface area (Å²) in [5.41, 5.74) is 1.37. The maximum absolute atomic E-state index is 9.26. The molecule has 21 heavy (non-hydrogen) atoms. The van der Waals surface area contributed by atoms with Crippen molar-refractivity contribution in [2.75, 3.05) is 14.2 Å². The van der Waals surface area contributed by atoms with Gasteiger partial charge in [-0.2, -0.15) is 0 Å². The first-order valence-electron chi connectivity index (χ1n) is 6.44. The van der Waals surface area contributed by atoms with Gasteiger partial charge in [0.15, 0.2) is 0 Å². The summed E-state index contributed by atoms with van der Waals surface area (Å²) in [4.78, 5) is 1.08. The van der Waals surface area contributed by atoms with Crippen molar-refractivity contribution in [3.05, 3.63) is 48.0 Å². The Balaban J connectivity index is 2.16. The summed E-state index contributed by atoms with van der Waals surface area (Å²) < 4.78 is 10.5. The van der Waals surface area contributed by atoms with E-state index in [4.69, 9.17) is 9.47 Å². The minimum Gasteiger partial charge on any atom is -0.497 e. The predicted molar refractivity (Wildman–Crippen MR) is 85.4 cm³/mol. The molecule has 0 aliphatic heterocycles. The maximum Gasteiger partial charge on any atom is 0.488 e. The van der Waals surface area contributed by atoms with Crippen LogP contribution in [0.15, 0.2) is 47.4 Å². The molecule has 110 valence electrons. The highest BCUT2D eigenvalue weighted by atomic mass is 32.2. The summed E-state index contributed by atoms with van der Waals surface area (Å²) in [6.07, 6.45) is 0. The van der Waals surface area contributed by atoms with Gasteiger partial charge in [-0.3, -0.25) is 0 Å². The molecule has 6 heteroatoms. The van der Waals surface area contributed by atoms with E-state index >= 15 is 0 Å². The van der Waals surface area contributed by atoms with Gasteiger partial charge in [-0.15, -0.1) is 11.8 Å². The number of thioether (sulfide) groups is 1. The highest BCUT2D eigenvalue weighted by Gasteiger charge is 2.14. The van der Waals surface area contributed by atoms with E-state index in [2.05, 4.69) is 0 Å². The van der Waals surface area contributed by atoms with Crippen LogP contribution in [-0.2, 0) is 5.75 Å². The van der Waals surface area contributed by atoms with Crippen LogP contribution >= 0.6 is 11.8 Å². The van der Waals surface area contributed by atoms with Gasteiger partial charge in [-0.1, -0.05) is 18.2 Å². The van der Waals surface area contributed by atoms with Gasteiger partial charge < -0.3 is 19.5 Å². The first-order chi connectivity index (χ1) is 10.1. The molecule has 0 atom stereocenters. The van der Waals surface area contributed by atoms with Gasteiger partial charge in [0.2, 0.25) is 0 Å². The van der Waals surface area contributed by atoms with Gasteiger partial charge in [0.25, 0.3) is 0 Å². The molecular formula is C15H17BO4S. The molecule has 0 saturated heterocycles. The fourth-order valence-electron chi connectivity index (χ4n) is 1.92. The van der Waals surface area contributed by atoms with Crippen LogP contribution < -0.4 is 14.9 Å². The minimum atomic E-state index is -1.48. The average Bonchev–Trinajstić information content (AvgIpc) is 2.52. The van der Waals surface area contributed by atoms with E-state index in [9.17, 15) is 10.0 Å². The Labute approximate surface area is 128 Å². The second-order valence-electron chi connectivity index (χ2n) is 4.41. The van der Waals surface area contributed by atoms with Gasteiger partial charge in [0.05, 0.1) is 14.2 Å². The monoisotopic (exact) mass is 304 g/mol. The van der Waals surface area contributed by atoms with E-state index in [1.807, 2.05) is 24.3 Å². The van der Waals surface area contributed by atoms with Crippen LogP contribution in [-0.4, -0.2) is 31.4 Å². The quantitative estimate of drug-likeness (QED) is 0.628. The zero-order valence-corrected chi connectivity index (χ0v) is 12.8. The molecule has 0 spiro atoms. The summed E-state index contributed by atoms with van der Waals surface area (Å²) >= 11 is 1.63. The molecule has 2 aromatic rings. The van der Waals surface area contributed by atoms with Crippen LogP contribution in [0.4, 0.5) is 0 Å². The Kier molecular flexibility index (Phi) is 5.55. The standard InChI is InChI=1S/C15H17BO4S/c1-19-13-4-3-5-14(9-13)21-10-11-8-12(16(17)18)6-7-15(11)20-2/h3-9,17-18H,10H2,1-2H3. The number of hydrogen-bond acceptors (Lipinski definition) is 5. The van der Waals surface area contributed by atoms with E-state index in [1.54, 1.807) is 44.2 Å². The summed E-state index contributed by atoms with van der Waals surface area (Å²) in [5.74, 6) is 2.21. The smallest absolute Gasteiger partial charge is 0.488 e. The maximum atomic E-state index is 9.26. The number of benzene rings is 2. The van der Waals surface area contributed by atoms with Crippen LogP contribution in [0.5, 0.6) is 11.5 Å². The number of rotatable bonds is 6. The lowest BCUT2D eigenvalue weighted by Crippen LogP contribution is -2.30. The molecule has 0 aliphatic rings. The first-order valence-corrected chi connectivity index (χ1v) is 7.42. The Bertz CT molecular complexity index is 604. The highest BCUT2D eigenvalue weighted by Crippen LogP contribution is 2.29. The molecule has 0 saturated carbocycles. The van der Waals surface area contributed by atoms with E-state index < -0.39 is 7.12 Å². The van der Waals surface area contributed by atoms with Gasteiger partial charge >= 0.3 is 7.12 Å². The second kappa shape index (κ2) is 7.40. The zero-order chi connectivity index (χ0) is 15.2. The first kappa shape index (κ1) is 15.8. The van der Waals surface area contributed by atoms with Crippen molar-refractivity contribution < 1.29 is 19.5 Å². The molecule has 0 unspecified atom stereocenters. The molecule has 2 aromatic carbocycles. The Morgan fingerprint density at radius 1 is 1.05 bits per heavy atom. The fourth-order valence-corrected chi connectivity index (χ4v) is 2.85. The summed E-state index contributed by atoms with van der Waals surface area (Å²) in [6, 6.07) is 12.9. The Hall–Kier alpha value is -1.63. The lowest BCUT2D eigenvalue weighted by molar-refractivity contribution is 0.410. The van der Waals surface area contributed by atoms with Crippen molar-refractivity contribution in [3.63, 3.8) is 0 Å². The molecular weight excluding hydrogens is 287 g/mol. The van der Waals surface area contributed by atoms with Crippen LogP contribution in [0.3, 0.4) is 0 Å². The van der Waals surface area contributed by atoms with E-state index in [-0.39, 0.29) is 0 Å². The SMILES string of the molecule is COc1cccc(SCc2cc(B(O)O)ccc2OC)c1. The molecule has 2 N–H and O–H groups in total. The number of hydrogen-bond donors (Lipinski definition) is 2. The minimum absolute atomic E-state index is 0.456. The third-order valence-electron chi connectivity index (χ3n) is 3.04. The summed E-state index contributed by atoms with van der Waals surface area (Å²) in [5, 5.41) is 18.5. The highest BCUT2D eigenvalue weighted by molar-refractivity contribution is 7.98. The second-order valence-corrected chi connectivity index (χ2v) is 5.46. The van der Waals surface area contributed by atoms with Crippen LogP contribution in [0.2, 0.25) is 0 Å². The van der Waals surface area contributed by atoms with Crippen LogP contribution in [0.25, 0.3) is 0 Å². The molecule has 0 bridgehead atoms. The van der Waals surface area contributed by atoms with Gasteiger partial charge in [0, 0.05) is 16.2 Å². The molecule has 2 rings (SSSR count). The summed E-state index contributed by atoms with van der Waals surface area (Å²) in [7, 11) is 1.76. The Morgan fingerprint density at radius 2 is 1.86 bits per heavy atom. The molecule has 0 radical (unpaired) electrons. The topological polar surface area (TPSA) is 58.9 Å². The third kappa shape index (κ3) is 4.17. The normalized spacial score (nSPS) is 10.3. The van der Waals surface area contributed by atoms with Crippen molar-refractivity contribution in [1.82, 2.24) is 0 Å². The molecule has 0 amide bonds. The van der Waals surface area contributed by atoms with Crippen LogP contribution in [0.1, 0.15) is 5.56 Å². The predicted octanol–water partition coefficient (Wildman–Crippen LogP) is 1.68. The number of ether oxygens (including phenoxy) is 2. The molecule has 0 fully saturated rings. The zero-order valence-electron chi connectivity index (χ0n) is 11.9. The van der Waals surface area contributed by atoms with Gasteiger partial charge in [0.1, 0.15) is 11.5 Å². The largest absolute Gasteiger partial charge is 0.497 e. The lowest BCUT2D eigenvalue weighted by Gasteiger charge is -2.11. The van der Waals surface area contributed by atoms with Crippen molar-refractivity contribution >= 4 is 24.3 Å². The van der Waals surface area contributed by atoms with Crippen molar-refractivity contribution in [3.8, 4) is 11.5 Å². The van der Waals surface area contributed by atoms with Crippen molar-refractivity contribution in [2.24, 2.45) is 0 Å². The van der Waals surface area contributed by atoms with Crippen LogP contribution in [0, 0.1) is 0 Å². The fraction of sp³-hybridized carbons (Fsp3) is 0.200. The molecule has 0 aromatic heterocycles. The van der Waals surface area contributed by atoms with E-state index in [1.165, 1.54) is 0 Å². The number of methoxy groups -OCH3 is 2. The molecule has 4 nitrogen and oxygen atoms in total. The molecule has 0 aliphatic carbocycles. The van der Waals surface area contributed by atoms with Crippen molar-refractivity contribution in [1.29, 1.82) is 0 Å². The lowest BCUT2D eigenvalue weighted by atomic mass is 9.79. The van der Waals surface area contributed by atoms with Crippen molar-refractivity contribution in [2.45, 2.75) is 10.6 Å². The van der Waals surface area contributed by atoms with Gasteiger partial charge in [-0.05, 0) is 29.7 Å². The molecule has 0 heterocycles. The van der Waals surface area contributed by atoms with Gasteiger partial charge in [-0.25, -0.2) is 0 Å². The third-order valence-corrected chi connectivity index (χ3v) is 4.08.